The van der Waals surface area contributed by atoms with Crippen LogP contribution < -0.4 is 16.6 Å². The van der Waals surface area contributed by atoms with E-state index in [0.717, 1.165) is 19.4 Å². The van der Waals surface area contributed by atoms with E-state index in [9.17, 15) is 0 Å². The standard InChI is InChI=1S/C13H16ClN5/c14-11-9-17-13(19-15)18-12(11)16-8-4-7-10-5-2-1-3-6-10/h1-3,5-6,9H,4,7-8,15H2,(H2,16,17,18,19). The molecule has 5 nitrogen and oxygen atoms in total. The number of nitrogens with zero attached hydrogens (tertiary/aromatic N) is 2. The van der Waals surface area contributed by atoms with Crippen LogP contribution in [0.15, 0.2) is 36.5 Å². The van der Waals surface area contributed by atoms with Crippen molar-refractivity contribution < 1.29 is 0 Å². The Morgan fingerprint density at radius 2 is 2.00 bits per heavy atom. The fourth-order valence-corrected chi connectivity index (χ4v) is 1.86. The lowest BCUT2D eigenvalue weighted by atomic mass is 10.1. The fraction of sp³-hybridized carbons (Fsp3) is 0.231. The number of hydrazine groups is 1. The molecule has 100 valence electrons. The van der Waals surface area contributed by atoms with Gasteiger partial charge < -0.3 is 5.32 Å². The number of hydrogen-bond acceptors (Lipinski definition) is 5. The van der Waals surface area contributed by atoms with E-state index in [1.807, 2.05) is 18.2 Å². The van der Waals surface area contributed by atoms with Crippen LogP contribution in [0.5, 0.6) is 0 Å². The quantitative estimate of drug-likeness (QED) is 0.430. The van der Waals surface area contributed by atoms with Crippen LogP contribution in [0.3, 0.4) is 0 Å². The molecule has 2 rings (SSSR count). The zero-order valence-electron chi connectivity index (χ0n) is 10.4. The Kier molecular flexibility index (Phi) is 4.94. The number of aryl methyl sites for hydroxylation is 1. The molecule has 0 saturated heterocycles. The molecule has 4 N–H and O–H groups in total. The zero-order chi connectivity index (χ0) is 13.5. The summed E-state index contributed by atoms with van der Waals surface area (Å²) in [5.74, 6) is 6.19. The first-order valence-corrected chi connectivity index (χ1v) is 6.44. The molecule has 1 heterocycles. The van der Waals surface area contributed by atoms with Gasteiger partial charge in [0, 0.05) is 6.54 Å². The van der Waals surface area contributed by atoms with Gasteiger partial charge in [-0.05, 0) is 18.4 Å². The molecule has 2 aromatic rings. The molecule has 0 aliphatic rings. The van der Waals surface area contributed by atoms with Crippen molar-refractivity contribution in [3.63, 3.8) is 0 Å². The van der Waals surface area contributed by atoms with Gasteiger partial charge in [-0.15, -0.1) is 0 Å². The van der Waals surface area contributed by atoms with Crippen LogP contribution in [0.2, 0.25) is 5.02 Å². The lowest BCUT2D eigenvalue weighted by Gasteiger charge is -2.08. The van der Waals surface area contributed by atoms with Gasteiger partial charge in [-0.25, -0.2) is 10.8 Å². The normalized spacial score (nSPS) is 10.2. The maximum Gasteiger partial charge on any atom is 0.239 e. The molecule has 0 amide bonds. The van der Waals surface area contributed by atoms with E-state index >= 15 is 0 Å². The molecule has 19 heavy (non-hydrogen) atoms. The molecule has 6 heteroatoms. The SMILES string of the molecule is NNc1ncc(Cl)c(NCCCc2ccccc2)n1. The Hall–Kier alpha value is -1.85. The van der Waals surface area contributed by atoms with Crippen molar-refractivity contribution in [3.05, 3.63) is 47.1 Å². The molecule has 0 unspecified atom stereocenters. The Morgan fingerprint density at radius 1 is 1.21 bits per heavy atom. The maximum absolute atomic E-state index is 5.99. The number of nitrogens with two attached hydrogens (primary N) is 1. The predicted octanol–water partition coefficient (Wildman–Crippen LogP) is 2.46. The third-order valence-corrected chi connectivity index (χ3v) is 2.93. The van der Waals surface area contributed by atoms with Crippen LogP contribution in [0, 0.1) is 0 Å². The van der Waals surface area contributed by atoms with Crippen LogP contribution in [-0.4, -0.2) is 16.5 Å². The molecule has 0 atom stereocenters. The molecule has 0 fully saturated rings. The van der Waals surface area contributed by atoms with Gasteiger partial charge in [0.2, 0.25) is 5.95 Å². The minimum absolute atomic E-state index is 0.343. The van der Waals surface area contributed by atoms with Gasteiger partial charge in [-0.1, -0.05) is 41.9 Å². The average Bonchev–Trinajstić information content (AvgIpc) is 2.46. The van der Waals surface area contributed by atoms with Crippen molar-refractivity contribution in [1.82, 2.24) is 9.97 Å². The molecule has 0 aliphatic heterocycles. The summed E-state index contributed by atoms with van der Waals surface area (Å²) in [6.07, 6.45) is 3.53. The first-order valence-electron chi connectivity index (χ1n) is 6.06. The summed E-state index contributed by atoms with van der Waals surface area (Å²) < 4.78 is 0. The number of hydrogen-bond donors (Lipinski definition) is 3. The highest BCUT2D eigenvalue weighted by molar-refractivity contribution is 6.32. The molecule has 0 saturated carbocycles. The number of aromatic nitrogens is 2. The summed E-state index contributed by atoms with van der Waals surface area (Å²) in [7, 11) is 0. The van der Waals surface area contributed by atoms with E-state index < -0.39 is 0 Å². The number of anilines is 2. The number of nitrogens with one attached hydrogen (secondary N) is 2. The molecular formula is C13H16ClN5. The van der Waals surface area contributed by atoms with Crippen LogP contribution >= 0.6 is 11.6 Å². The molecular weight excluding hydrogens is 262 g/mol. The maximum atomic E-state index is 5.99. The van der Waals surface area contributed by atoms with Crippen molar-refractivity contribution in [1.29, 1.82) is 0 Å². The molecule has 0 spiro atoms. The van der Waals surface area contributed by atoms with Crippen molar-refractivity contribution in [3.8, 4) is 0 Å². The number of halogens is 1. The number of benzene rings is 1. The number of rotatable bonds is 6. The van der Waals surface area contributed by atoms with Gasteiger partial charge in [-0.3, -0.25) is 5.43 Å². The molecule has 0 bridgehead atoms. The summed E-state index contributed by atoms with van der Waals surface area (Å²) in [4.78, 5) is 8.06. The van der Waals surface area contributed by atoms with Crippen molar-refractivity contribution in [2.24, 2.45) is 5.84 Å². The fourth-order valence-electron chi connectivity index (χ4n) is 1.70. The van der Waals surface area contributed by atoms with E-state index in [0.29, 0.717) is 16.8 Å². The third-order valence-electron chi connectivity index (χ3n) is 2.65. The van der Waals surface area contributed by atoms with E-state index in [-0.39, 0.29) is 0 Å². The average molecular weight is 278 g/mol. The Labute approximate surface area is 117 Å². The third kappa shape index (κ3) is 4.08. The topological polar surface area (TPSA) is 75.9 Å². The van der Waals surface area contributed by atoms with Crippen LogP contribution in [0.1, 0.15) is 12.0 Å². The van der Waals surface area contributed by atoms with Crippen molar-refractivity contribution in [2.75, 3.05) is 17.3 Å². The summed E-state index contributed by atoms with van der Waals surface area (Å²) in [5, 5.41) is 3.66. The summed E-state index contributed by atoms with van der Waals surface area (Å²) in [5.41, 5.74) is 3.71. The lowest BCUT2D eigenvalue weighted by molar-refractivity contribution is 0.858. The molecule has 1 aromatic heterocycles. The van der Waals surface area contributed by atoms with Gasteiger partial charge in [0.1, 0.15) is 5.02 Å². The summed E-state index contributed by atoms with van der Waals surface area (Å²) in [6, 6.07) is 10.3. The van der Waals surface area contributed by atoms with Crippen LogP contribution in [0.25, 0.3) is 0 Å². The largest absolute Gasteiger partial charge is 0.369 e. The summed E-state index contributed by atoms with van der Waals surface area (Å²) in [6.45, 7) is 0.787. The van der Waals surface area contributed by atoms with E-state index in [4.69, 9.17) is 17.4 Å². The van der Waals surface area contributed by atoms with Crippen LogP contribution in [-0.2, 0) is 6.42 Å². The Morgan fingerprint density at radius 3 is 2.74 bits per heavy atom. The second-order valence-corrected chi connectivity index (χ2v) is 4.46. The van der Waals surface area contributed by atoms with E-state index in [1.54, 1.807) is 0 Å². The Balaban J connectivity index is 1.82. The van der Waals surface area contributed by atoms with Gasteiger partial charge in [0.15, 0.2) is 5.82 Å². The number of nitrogen functional groups attached to an aromatic ring is 1. The highest BCUT2D eigenvalue weighted by Gasteiger charge is 2.03. The summed E-state index contributed by atoms with van der Waals surface area (Å²) >= 11 is 5.99. The first-order chi connectivity index (χ1) is 9.29. The van der Waals surface area contributed by atoms with E-state index in [2.05, 4.69) is 32.8 Å². The second-order valence-electron chi connectivity index (χ2n) is 4.05. The predicted molar refractivity (Wildman–Crippen MR) is 78.1 cm³/mol. The minimum atomic E-state index is 0.343. The van der Waals surface area contributed by atoms with Crippen LogP contribution in [0.4, 0.5) is 11.8 Å². The highest BCUT2D eigenvalue weighted by Crippen LogP contribution is 2.18. The van der Waals surface area contributed by atoms with Crippen molar-refractivity contribution in [2.45, 2.75) is 12.8 Å². The van der Waals surface area contributed by atoms with Gasteiger partial charge in [0.25, 0.3) is 0 Å². The Bertz CT molecular complexity index is 518. The van der Waals surface area contributed by atoms with Crippen molar-refractivity contribution >= 4 is 23.4 Å². The van der Waals surface area contributed by atoms with E-state index in [1.165, 1.54) is 11.8 Å². The lowest BCUT2D eigenvalue weighted by Crippen LogP contribution is -2.12. The molecule has 0 aliphatic carbocycles. The second kappa shape index (κ2) is 6.92. The first kappa shape index (κ1) is 13.6. The smallest absolute Gasteiger partial charge is 0.239 e. The highest BCUT2D eigenvalue weighted by atomic mass is 35.5. The monoisotopic (exact) mass is 277 g/mol. The van der Waals surface area contributed by atoms with Gasteiger partial charge >= 0.3 is 0 Å². The molecule has 1 aromatic carbocycles. The minimum Gasteiger partial charge on any atom is -0.369 e. The van der Waals surface area contributed by atoms with Gasteiger partial charge in [-0.2, -0.15) is 4.98 Å². The van der Waals surface area contributed by atoms with Gasteiger partial charge in [0.05, 0.1) is 6.20 Å². The molecule has 0 radical (unpaired) electrons. The zero-order valence-corrected chi connectivity index (χ0v) is 11.2.